The molecule has 0 aliphatic carbocycles. The Morgan fingerprint density at radius 3 is 2.33 bits per heavy atom. The average molecular weight is 244 g/mol. The maximum atomic E-state index is 9.19. The molecule has 1 aromatic heterocycles. The van der Waals surface area contributed by atoms with Crippen LogP contribution in [0.5, 0.6) is 0 Å². The molecule has 1 heterocycles. The Bertz CT molecular complexity index is 391. The van der Waals surface area contributed by atoms with E-state index >= 15 is 0 Å². The number of nitrogens with zero attached hydrogens (tertiary/aromatic N) is 2. The standard InChI is InChI=1S/C16H24N2/c1-3-5-7-9-15-14(13-17)11-12-18-16(15)10-8-6-4-2/h11-12H,3-10H2,1-2H3. The molecule has 0 saturated heterocycles. The van der Waals surface area contributed by atoms with Gasteiger partial charge in [-0.3, -0.25) is 4.98 Å². The van der Waals surface area contributed by atoms with Crippen LogP contribution in [0.4, 0.5) is 0 Å². The Morgan fingerprint density at radius 2 is 1.72 bits per heavy atom. The third-order valence-electron chi connectivity index (χ3n) is 3.31. The van der Waals surface area contributed by atoms with Crippen molar-refractivity contribution in [1.82, 2.24) is 4.98 Å². The highest BCUT2D eigenvalue weighted by Crippen LogP contribution is 2.17. The Hall–Kier alpha value is -1.36. The number of pyridine rings is 1. The van der Waals surface area contributed by atoms with E-state index in [9.17, 15) is 5.26 Å². The van der Waals surface area contributed by atoms with E-state index in [2.05, 4.69) is 24.9 Å². The third-order valence-corrected chi connectivity index (χ3v) is 3.31. The van der Waals surface area contributed by atoms with Gasteiger partial charge in [-0.2, -0.15) is 5.26 Å². The molecule has 0 bridgehead atoms. The topological polar surface area (TPSA) is 36.7 Å². The summed E-state index contributed by atoms with van der Waals surface area (Å²) in [5.74, 6) is 0. The first-order valence-electron chi connectivity index (χ1n) is 7.20. The highest BCUT2D eigenvalue weighted by molar-refractivity contribution is 5.39. The summed E-state index contributed by atoms with van der Waals surface area (Å²) in [4.78, 5) is 4.49. The van der Waals surface area contributed by atoms with Gasteiger partial charge in [0.05, 0.1) is 11.6 Å². The van der Waals surface area contributed by atoms with Gasteiger partial charge in [0, 0.05) is 11.9 Å². The molecule has 0 aromatic carbocycles. The van der Waals surface area contributed by atoms with E-state index in [4.69, 9.17) is 0 Å². The Morgan fingerprint density at radius 1 is 1.06 bits per heavy atom. The van der Waals surface area contributed by atoms with E-state index < -0.39 is 0 Å². The van der Waals surface area contributed by atoms with Gasteiger partial charge in [-0.05, 0) is 37.3 Å². The van der Waals surface area contributed by atoms with Crippen molar-refractivity contribution in [3.63, 3.8) is 0 Å². The minimum atomic E-state index is 0.826. The molecule has 98 valence electrons. The molecule has 0 amide bonds. The largest absolute Gasteiger partial charge is 0.261 e. The van der Waals surface area contributed by atoms with Crippen LogP contribution in [0.2, 0.25) is 0 Å². The average Bonchev–Trinajstić information content (AvgIpc) is 2.40. The zero-order valence-electron chi connectivity index (χ0n) is 11.7. The lowest BCUT2D eigenvalue weighted by Gasteiger charge is -2.10. The SMILES string of the molecule is CCCCCc1nccc(C#N)c1CCCCC. The van der Waals surface area contributed by atoms with Crippen LogP contribution >= 0.6 is 0 Å². The normalized spacial score (nSPS) is 10.3. The predicted octanol–water partition coefficient (Wildman–Crippen LogP) is 4.42. The molecular formula is C16H24N2. The lowest BCUT2D eigenvalue weighted by atomic mass is 9.98. The Labute approximate surface area is 111 Å². The van der Waals surface area contributed by atoms with E-state index in [-0.39, 0.29) is 0 Å². The molecule has 2 heteroatoms. The summed E-state index contributed by atoms with van der Waals surface area (Å²) in [7, 11) is 0. The zero-order valence-corrected chi connectivity index (χ0v) is 11.7. The van der Waals surface area contributed by atoms with Crippen LogP contribution in [0.3, 0.4) is 0 Å². The van der Waals surface area contributed by atoms with Crippen molar-refractivity contribution in [2.24, 2.45) is 0 Å². The second kappa shape index (κ2) is 8.69. The van der Waals surface area contributed by atoms with Crippen LogP contribution < -0.4 is 0 Å². The summed E-state index contributed by atoms with van der Waals surface area (Å²) >= 11 is 0. The molecule has 0 saturated carbocycles. The first-order chi connectivity index (χ1) is 8.83. The molecule has 0 aliphatic rings. The van der Waals surface area contributed by atoms with Gasteiger partial charge in [0.15, 0.2) is 0 Å². The molecule has 0 aliphatic heterocycles. The minimum absolute atomic E-state index is 0.826. The fourth-order valence-corrected chi connectivity index (χ4v) is 2.23. The lowest BCUT2D eigenvalue weighted by Crippen LogP contribution is -2.02. The van der Waals surface area contributed by atoms with Crippen molar-refractivity contribution in [1.29, 1.82) is 5.26 Å². The summed E-state index contributed by atoms with van der Waals surface area (Å²) < 4.78 is 0. The number of aryl methyl sites for hydroxylation is 1. The number of hydrogen-bond acceptors (Lipinski definition) is 2. The van der Waals surface area contributed by atoms with Crippen molar-refractivity contribution in [3.8, 4) is 6.07 Å². The summed E-state index contributed by atoms with van der Waals surface area (Å²) in [5, 5.41) is 9.19. The summed E-state index contributed by atoms with van der Waals surface area (Å²) in [6.07, 6.45) is 11.1. The molecule has 1 aromatic rings. The molecule has 1 rings (SSSR count). The highest BCUT2D eigenvalue weighted by atomic mass is 14.7. The monoisotopic (exact) mass is 244 g/mol. The molecule has 0 spiro atoms. The first-order valence-corrected chi connectivity index (χ1v) is 7.20. The molecule has 18 heavy (non-hydrogen) atoms. The second-order valence-corrected chi connectivity index (χ2v) is 4.81. The third kappa shape index (κ3) is 4.49. The zero-order chi connectivity index (χ0) is 13.2. The molecule has 2 nitrogen and oxygen atoms in total. The van der Waals surface area contributed by atoms with Crippen LogP contribution in [-0.2, 0) is 12.8 Å². The van der Waals surface area contributed by atoms with Gasteiger partial charge in [0.25, 0.3) is 0 Å². The van der Waals surface area contributed by atoms with Gasteiger partial charge in [0.2, 0.25) is 0 Å². The fraction of sp³-hybridized carbons (Fsp3) is 0.625. The molecular weight excluding hydrogens is 220 g/mol. The quantitative estimate of drug-likeness (QED) is 0.635. The van der Waals surface area contributed by atoms with Gasteiger partial charge in [-0.1, -0.05) is 39.5 Å². The van der Waals surface area contributed by atoms with Gasteiger partial charge >= 0.3 is 0 Å². The van der Waals surface area contributed by atoms with E-state index in [0.29, 0.717) is 0 Å². The lowest BCUT2D eigenvalue weighted by molar-refractivity contribution is 0.682. The van der Waals surface area contributed by atoms with Crippen molar-refractivity contribution in [2.45, 2.75) is 65.2 Å². The number of hydrogen-bond donors (Lipinski definition) is 0. The summed E-state index contributed by atoms with van der Waals surface area (Å²) in [5.41, 5.74) is 3.18. The molecule has 0 fully saturated rings. The Balaban J connectivity index is 2.77. The smallest absolute Gasteiger partial charge is 0.0995 e. The molecule has 0 atom stereocenters. The van der Waals surface area contributed by atoms with Gasteiger partial charge in [-0.15, -0.1) is 0 Å². The predicted molar refractivity (Wildman–Crippen MR) is 75.4 cm³/mol. The van der Waals surface area contributed by atoms with Crippen molar-refractivity contribution in [2.75, 3.05) is 0 Å². The maximum absolute atomic E-state index is 9.19. The van der Waals surface area contributed by atoms with Gasteiger partial charge < -0.3 is 0 Å². The summed E-state index contributed by atoms with van der Waals surface area (Å²) in [6, 6.07) is 4.17. The second-order valence-electron chi connectivity index (χ2n) is 4.81. The highest BCUT2D eigenvalue weighted by Gasteiger charge is 2.09. The Kier molecular flexibility index (Phi) is 7.10. The number of unbranched alkanes of at least 4 members (excludes halogenated alkanes) is 4. The molecule has 0 unspecified atom stereocenters. The van der Waals surface area contributed by atoms with E-state index in [0.717, 1.165) is 30.5 Å². The van der Waals surface area contributed by atoms with E-state index in [1.807, 2.05) is 6.07 Å². The first kappa shape index (κ1) is 14.7. The maximum Gasteiger partial charge on any atom is 0.0995 e. The molecule has 0 radical (unpaired) electrons. The van der Waals surface area contributed by atoms with Gasteiger partial charge in [0.1, 0.15) is 0 Å². The van der Waals surface area contributed by atoms with Crippen LogP contribution in [0.15, 0.2) is 12.3 Å². The van der Waals surface area contributed by atoms with Gasteiger partial charge in [-0.25, -0.2) is 0 Å². The van der Waals surface area contributed by atoms with E-state index in [1.54, 1.807) is 6.20 Å². The summed E-state index contributed by atoms with van der Waals surface area (Å²) in [6.45, 7) is 4.41. The number of nitriles is 1. The van der Waals surface area contributed by atoms with E-state index in [1.165, 1.54) is 37.7 Å². The van der Waals surface area contributed by atoms with Crippen molar-refractivity contribution < 1.29 is 0 Å². The van der Waals surface area contributed by atoms with Crippen molar-refractivity contribution >= 4 is 0 Å². The molecule has 0 N–H and O–H groups in total. The van der Waals surface area contributed by atoms with Crippen LogP contribution in [0.1, 0.15) is 69.2 Å². The van der Waals surface area contributed by atoms with Crippen LogP contribution in [0, 0.1) is 11.3 Å². The minimum Gasteiger partial charge on any atom is -0.261 e. The van der Waals surface area contributed by atoms with Crippen LogP contribution in [0.25, 0.3) is 0 Å². The van der Waals surface area contributed by atoms with Crippen molar-refractivity contribution in [3.05, 3.63) is 29.1 Å². The van der Waals surface area contributed by atoms with Crippen LogP contribution in [-0.4, -0.2) is 4.98 Å². The fourth-order valence-electron chi connectivity index (χ4n) is 2.23. The number of aromatic nitrogens is 1. The number of rotatable bonds is 8.